The summed E-state index contributed by atoms with van der Waals surface area (Å²) < 4.78 is 40.9. The van der Waals surface area contributed by atoms with Crippen molar-refractivity contribution >= 4 is 43.6 Å². The van der Waals surface area contributed by atoms with Crippen LogP contribution < -0.4 is 4.80 Å². The van der Waals surface area contributed by atoms with Crippen LogP contribution in [0.1, 0.15) is 28.4 Å². The highest BCUT2D eigenvalue weighted by molar-refractivity contribution is 7.89. The average molecular weight is 561 g/mol. The molecule has 10 nitrogen and oxygen atoms in total. The van der Waals surface area contributed by atoms with E-state index in [-0.39, 0.29) is 37.7 Å². The minimum absolute atomic E-state index is 0.0850. The highest BCUT2D eigenvalue weighted by Crippen LogP contribution is 2.24. The molecule has 0 saturated carbocycles. The van der Waals surface area contributed by atoms with E-state index in [0.29, 0.717) is 23.5 Å². The number of rotatable bonds is 7. The van der Waals surface area contributed by atoms with Gasteiger partial charge in [0.1, 0.15) is 0 Å². The Kier molecular flexibility index (Phi) is 8.66. The molecule has 0 aliphatic carbocycles. The Morgan fingerprint density at radius 1 is 1.05 bits per heavy atom. The van der Waals surface area contributed by atoms with Gasteiger partial charge in [-0.2, -0.15) is 9.30 Å². The maximum absolute atomic E-state index is 13.1. The number of nitrogens with zero attached hydrogens (tertiary/aromatic N) is 4. The molecule has 2 aromatic carbocycles. The van der Waals surface area contributed by atoms with Crippen molar-refractivity contribution in [3.63, 3.8) is 0 Å². The van der Waals surface area contributed by atoms with E-state index >= 15 is 0 Å². The Labute approximate surface area is 226 Å². The molecule has 3 aromatic rings. The van der Waals surface area contributed by atoms with Gasteiger partial charge in [0.2, 0.25) is 10.0 Å². The molecule has 1 aliphatic heterocycles. The van der Waals surface area contributed by atoms with E-state index in [2.05, 4.69) is 17.1 Å². The number of carbonyl (C=O) groups excluding carboxylic acids is 2. The van der Waals surface area contributed by atoms with Gasteiger partial charge in [-0.1, -0.05) is 17.4 Å². The molecule has 0 spiro atoms. The summed E-state index contributed by atoms with van der Waals surface area (Å²) in [4.78, 5) is 31.5. The fraction of sp³-hybridized carbons (Fsp3) is 0.423. The lowest BCUT2D eigenvalue weighted by Gasteiger charge is -2.33. The first-order valence-electron chi connectivity index (χ1n) is 12.4. The zero-order valence-corrected chi connectivity index (χ0v) is 23.6. The third-order valence-electron chi connectivity index (χ3n) is 6.33. The number of amides is 2. The van der Waals surface area contributed by atoms with Gasteiger partial charge in [-0.3, -0.25) is 4.79 Å². The summed E-state index contributed by atoms with van der Waals surface area (Å²) in [7, 11) is -2.14. The van der Waals surface area contributed by atoms with Gasteiger partial charge in [0.15, 0.2) is 4.80 Å². The van der Waals surface area contributed by atoms with Crippen LogP contribution in [0.15, 0.2) is 46.3 Å². The van der Waals surface area contributed by atoms with E-state index < -0.39 is 22.0 Å². The van der Waals surface area contributed by atoms with Gasteiger partial charge >= 0.3 is 6.09 Å². The normalized spacial score (nSPS) is 15.3. The van der Waals surface area contributed by atoms with E-state index in [9.17, 15) is 18.0 Å². The van der Waals surface area contributed by atoms with Crippen LogP contribution in [-0.2, 0) is 26.0 Å². The standard InChI is InChI=1S/C26H32N4O6S2/c1-5-36-26(32)28-10-12-29(13-11-28)38(33,34)21-8-6-20(7-9-21)24(31)27-25-30(14-15-35-4)22-17-18(2)16-19(3)23(22)37-25/h6-9,16-17H,5,10-15H2,1-4H3. The van der Waals surface area contributed by atoms with Gasteiger partial charge in [-0.05, 0) is 62.2 Å². The first kappa shape index (κ1) is 28.0. The Morgan fingerprint density at radius 3 is 2.37 bits per heavy atom. The van der Waals surface area contributed by atoms with Gasteiger partial charge in [-0.15, -0.1) is 0 Å². The van der Waals surface area contributed by atoms with Crippen molar-refractivity contribution in [3.8, 4) is 0 Å². The molecule has 0 N–H and O–H groups in total. The molecule has 0 radical (unpaired) electrons. The number of fused-ring (bicyclic) bond motifs is 1. The van der Waals surface area contributed by atoms with Crippen molar-refractivity contribution in [1.82, 2.24) is 13.8 Å². The van der Waals surface area contributed by atoms with Crippen molar-refractivity contribution in [3.05, 3.63) is 57.9 Å². The maximum Gasteiger partial charge on any atom is 0.409 e. The topological polar surface area (TPSA) is 111 Å². The SMILES string of the molecule is CCOC(=O)N1CCN(S(=O)(=O)c2ccc(C(=O)N=c3sc4c(C)cc(C)cc4n3CCOC)cc2)CC1. The fourth-order valence-electron chi connectivity index (χ4n) is 4.39. The molecule has 2 amide bonds. The number of aryl methyl sites for hydroxylation is 2. The molecular formula is C26H32N4O6S2. The van der Waals surface area contributed by atoms with Gasteiger partial charge in [0.05, 0.1) is 28.3 Å². The lowest BCUT2D eigenvalue weighted by molar-refractivity contribution is 0.0933. The summed E-state index contributed by atoms with van der Waals surface area (Å²) in [6, 6.07) is 9.98. The van der Waals surface area contributed by atoms with Crippen LogP contribution in [0, 0.1) is 13.8 Å². The summed E-state index contributed by atoms with van der Waals surface area (Å²) in [5, 5.41) is 0. The van der Waals surface area contributed by atoms with E-state index in [1.54, 1.807) is 14.0 Å². The number of sulfonamides is 1. The number of carbonyl (C=O) groups is 2. The molecule has 4 rings (SSSR count). The number of hydrogen-bond acceptors (Lipinski definition) is 7. The Bertz CT molecular complexity index is 1500. The lowest BCUT2D eigenvalue weighted by atomic mass is 10.1. The summed E-state index contributed by atoms with van der Waals surface area (Å²) in [6.07, 6.45) is -0.441. The number of ether oxygens (including phenoxy) is 2. The van der Waals surface area contributed by atoms with Crippen LogP contribution in [0.2, 0.25) is 0 Å². The first-order valence-corrected chi connectivity index (χ1v) is 14.6. The first-order chi connectivity index (χ1) is 18.1. The molecule has 0 unspecified atom stereocenters. The van der Waals surface area contributed by atoms with Crippen molar-refractivity contribution in [2.45, 2.75) is 32.2 Å². The van der Waals surface area contributed by atoms with Crippen LogP contribution in [0.3, 0.4) is 0 Å². The highest BCUT2D eigenvalue weighted by atomic mass is 32.2. The fourth-order valence-corrected chi connectivity index (χ4v) is 6.92. The number of thiazole rings is 1. The molecule has 1 aliphatic rings. The van der Waals surface area contributed by atoms with Gasteiger partial charge in [0, 0.05) is 45.4 Å². The second kappa shape index (κ2) is 11.8. The predicted molar refractivity (Wildman–Crippen MR) is 145 cm³/mol. The summed E-state index contributed by atoms with van der Waals surface area (Å²) in [5.74, 6) is -0.455. The molecule has 12 heteroatoms. The molecule has 38 heavy (non-hydrogen) atoms. The molecule has 204 valence electrons. The summed E-state index contributed by atoms with van der Waals surface area (Å²) in [5.41, 5.74) is 3.53. The van der Waals surface area contributed by atoms with Gasteiger partial charge < -0.3 is 18.9 Å². The molecule has 0 bridgehead atoms. The number of piperazine rings is 1. The van der Waals surface area contributed by atoms with Crippen LogP contribution in [0.4, 0.5) is 4.79 Å². The van der Waals surface area contributed by atoms with Crippen LogP contribution in [0.5, 0.6) is 0 Å². The Hall–Kier alpha value is -3.06. The summed E-state index contributed by atoms with van der Waals surface area (Å²) >= 11 is 1.44. The highest BCUT2D eigenvalue weighted by Gasteiger charge is 2.30. The number of hydrogen-bond donors (Lipinski definition) is 0. The number of aromatic nitrogens is 1. The maximum atomic E-state index is 13.1. The third kappa shape index (κ3) is 5.83. The smallest absolute Gasteiger partial charge is 0.409 e. The van der Waals surface area contributed by atoms with Crippen molar-refractivity contribution < 1.29 is 27.5 Å². The van der Waals surface area contributed by atoms with E-state index in [1.807, 2.05) is 18.4 Å². The van der Waals surface area contributed by atoms with E-state index in [1.165, 1.54) is 44.8 Å². The molecule has 1 saturated heterocycles. The van der Waals surface area contributed by atoms with Crippen molar-refractivity contribution in [2.24, 2.45) is 4.99 Å². The van der Waals surface area contributed by atoms with Crippen molar-refractivity contribution in [1.29, 1.82) is 0 Å². The van der Waals surface area contributed by atoms with Crippen LogP contribution in [0.25, 0.3) is 10.2 Å². The van der Waals surface area contributed by atoms with Crippen LogP contribution >= 0.6 is 11.3 Å². The van der Waals surface area contributed by atoms with Crippen LogP contribution in [-0.4, -0.2) is 80.7 Å². The van der Waals surface area contributed by atoms with Gasteiger partial charge in [0.25, 0.3) is 5.91 Å². The Morgan fingerprint density at radius 2 is 1.74 bits per heavy atom. The van der Waals surface area contributed by atoms with Crippen molar-refractivity contribution in [2.75, 3.05) is 46.5 Å². The molecule has 1 fully saturated rings. The minimum atomic E-state index is -3.77. The zero-order chi connectivity index (χ0) is 27.4. The second-order valence-corrected chi connectivity index (χ2v) is 11.9. The van der Waals surface area contributed by atoms with E-state index in [0.717, 1.165) is 21.3 Å². The number of benzene rings is 2. The minimum Gasteiger partial charge on any atom is -0.450 e. The molecule has 2 heterocycles. The second-order valence-electron chi connectivity index (χ2n) is 8.99. The molecule has 1 aromatic heterocycles. The quantitative estimate of drug-likeness (QED) is 0.439. The predicted octanol–water partition coefficient (Wildman–Crippen LogP) is 3.17. The monoisotopic (exact) mass is 560 g/mol. The summed E-state index contributed by atoms with van der Waals surface area (Å²) in [6.45, 7) is 7.93. The van der Waals surface area contributed by atoms with Gasteiger partial charge in [-0.25, -0.2) is 13.2 Å². The third-order valence-corrected chi connectivity index (χ3v) is 9.48. The average Bonchev–Trinajstić information content (AvgIpc) is 3.24. The van der Waals surface area contributed by atoms with E-state index in [4.69, 9.17) is 9.47 Å². The largest absolute Gasteiger partial charge is 0.450 e. The lowest BCUT2D eigenvalue weighted by Crippen LogP contribution is -2.50. The molecular weight excluding hydrogens is 528 g/mol. The zero-order valence-electron chi connectivity index (χ0n) is 22.0. The number of methoxy groups -OCH3 is 1. The Balaban J connectivity index is 1.55. The molecule has 0 atom stereocenters.